The third kappa shape index (κ3) is 3.28. The largest absolute Gasteiger partial charge is 0.494 e. The van der Waals surface area contributed by atoms with Gasteiger partial charge in [0, 0.05) is 25.0 Å². The Hall–Kier alpha value is -3.21. The maximum absolute atomic E-state index is 5.53. The van der Waals surface area contributed by atoms with E-state index in [1.807, 2.05) is 57.3 Å². The average Bonchev–Trinajstić information content (AvgIpc) is 3.23. The maximum atomic E-state index is 5.53. The van der Waals surface area contributed by atoms with E-state index < -0.39 is 0 Å². The van der Waals surface area contributed by atoms with Crippen molar-refractivity contribution in [1.29, 1.82) is 0 Å². The first-order valence-corrected chi connectivity index (χ1v) is 9.20. The van der Waals surface area contributed by atoms with Gasteiger partial charge in [-0.15, -0.1) is 0 Å². The zero-order valence-electron chi connectivity index (χ0n) is 15.8. The highest BCUT2D eigenvalue weighted by atomic mass is 16.5. The van der Waals surface area contributed by atoms with Crippen LogP contribution in [0, 0.1) is 0 Å². The van der Waals surface area contributed by atoms with Gasteiger partial charge < -0.3 is 14.0 Å². The van der Waals surface area contributed by atoms with E-state index >= 15 is 0 Å². The summed E-state index contributed by atoms with van der Waals surface area (Å²) in [7, 11) is 2.04. The molecule has 0 bridgehead atoms. The quantitative estimate of drug-likeness (QED) is 0.495. The fourth-order valence-corrected chi connectivity index (χ4v) is 3.24. The molecule has 5 nitrogen and oxygen atoms in total. The smallest absolute Gasteiger partial charge is 0.214 e. The molecule has 0 unspecified atom stereocenters. The molecule has 0 radical (unpaired) electrons. The number of fused-ring (bicyclic) bond motifs is 1. The molecule has 0 saturated heterocycles. The van der Waals surface area contributed by atoms with Crippen LogP contribution in [0.3, 0.4) is 0 Å². The summed E-state index contributed by atoms with van der Waals surface area (Å²) in [5.41, 5.74) is 4.26. The molecule has 5 heteroatoms. The zero-order chi connectivity index (χ0) is 18.8. The van der Waals surface area contributed by atoms with E-state index in [1.165, 1.54) is 0 Å². The minimum absolute atomic E-state index is 0.669. The monoisotopic (exact) mass is 361 g/mol. The Bertz CT molecular complexity index is 1040. The first-order chi connectivity index (χ1) is 13.2. The average molecular weight is 361 g/mol. The molecular weight excluding hydrogens is 338 g/mol. The highest BCUT2D eigenvalue weighted by Gasteiger charge is 2.12. The van der Waals surface area contributed by atoms with Crippen LogP contribution in [0.25, 0.3) is 28.3 Å². The summed E-state index contributed by atoms with van der Waals surface area (Å²) in [5, 5.41) is 0. The van der Waals surface area contributed by atoms with Crippen LogP contribution >= 0.6 is 0 Å². The molecule has 0 aliphatic heterocycles. The lowest BCUT2D eigenvalue weighted by Crippen LogP contribution is -1.94. The van der Waals surface area contributed by atoms with Crippen molar-refractivity contribution < 1.29 is 9.47 Å². The second-order valence-corrected chi connectivity index (χ2v) is 6.32. The number of hydrogen-bond donors (Lipinski definition) is 0. The molecule has 4 aromatic rings. The van der Waals surface area contributed by atoms with Crippen molar-refractivity contribution in [2.75, 3.05) is 13.2 Å². The lowest BCUT2D eigenvalue weighted by Gasteiger charge is -2.06. The van der Waals surface area contributed by atoms with E-state index in [9.17, 15) is 0 Å². The number of aryl methyl sites for hydroxylation is 1. The van der Waals surface area contributed by atoms with Crippen molar-refractivity contribution in [3.05, 3.63) is 60.9 Å². The first kappa shape index (κ1) is 17.2. The second-order valence-electron chi connectivity index (χ2n) is 6.32. The minimum Gasteiger partial charge on any atom is -0.494 e. The molecular formula is C22H23N3O2. The van der Waals surface area contributed by atoms with Crippen LogP contribution in [0.5, 0.6) is 11.5 Å². The van der Waals surface area contributed by atoms with E-state index in [0.717, 1.165) is 39.8 Å². The van der Waals surface area contributed by atoms with Crippen molar-refractivity contribution in [1.82, 2.24) is 14.0 Å². The van der Waals surface area contributed by atoms with E-state index in [4.69, 9.17) is 14.5 Å². The van der Waals surface area contributed by atoms with Crippen LogP contribution in [0.1, 0.15) is 13.8 Å². The Morgan fingerprint density at radius 2 is 1.33 bits per heavy atom. The molecule has 0 aliphatic rings. The van der Waals surface area contributed by atoms with Crippen LogP contribution < -0.4 is 9.47 Å². The number of nitrogens with zero attached hydrogens (tertiary/aromatic N) is 3. The molecule has 138 valence electrons. The van der Waals surface area contributed by atoms with Crippen LogP contribution in [-0.4, -0.2) is 27.2 Å². The number of hydrogen-bond acceptors (Lipinski definition) is 3. The second kappa shape index (κ2) is 7.19. The third-order valence-corrected chi connectivity index (χ3v) is 4.56. The van der Waals surface area contributed by atoms with Gasteiger partial charge in [-0.3, -0.25) is 4.40 Å². The number of imidazole rings is 2. The topological polar surface area (TPSA) is 40.7 Å². The van der Waals surface area contributed by atoms with E-state index in [2.05, 4.69) is 33.5 Å². The normalized spacial score (nSPS) is 11.1. The summed E-state index contributed by atoms with van der Waals surface area (Å²) in [5.74, 6) is 2.67. The summed E-state index contributed by atoms with van der Waals surface area (Å²) in [6.07, 6.45) is 4.17. The standard InChI is InChI=1S/C22H23N3O2/c1-4-26-18-10-6-16(7-11-18)20-14-25-15-21(24(3)22(25)23-20)17-8-12-19(13-9-17)27-5-2/h6-15H,4-5H2,1-3H3. The van der Waals surface area contributed by atoms with Crippen LogP contribution in [0.15, 0.2) is 60.9 Å². The Balaban J connectivity index is 1.65. The van der Waals surface area contributed by atoms with Gasteiger partial charge in [0.15, 0.2) is 0 Å². The number of benzene rings is 2. The maximum Gasteiger partial charge on any atom is 0.214 e. The van der Waals surface area contributed by atoms with Gasteiger partial charge in [-0.25, -0.2) is 4.98 Å². The van der Waals surface area contributed by atoms with E-state index in [0.29, 0.717) is 13.2 Å². The van der Waals surface area contributed by atoms with Gasteiger partial charge in [0.05, 0.1) is 24.6 Å². The molecule has 0 atom stereocenters. The van der Waals surface area contributed by atoms with Crippen LogP contribution in [0.4, 0.5) is 0 Å². The van der Waals surface area contributed by atoms with Gasteiger partial charge in [0.2, 0.25) is 5.78 Å². The highest BCUT2D eigenvalue weighted by Crippen LogP contribution is 2.27. The molecule has 2 aromatic carbocycles. The molecule has 0 aliphatic carbocycles. The van der Waals surface area contributed by atoms with Crippen molar-refractivity contribution in [2.45, 2.75) is 13.8 Å². The van der Waals surface area contributed by atoms with Crippen LogP contribution in [-0.2, 0) is 7.05 Å². The molecule has 27 heavy (non-hydrogen) atoms. The molecule has 2 aromatic heterocycles. The zero-order valence-corrected chi connectivity index (χ0v) is 15.8. The van der Waals surface area contributed by atoms with Gasteiger partial charge in [0.25, 0.3) is 0 Å². The van der Waals surface area contributed by atoms with Gasteiger partial charge in [0.1, 0.15) is 11.5 Å². The van der Waals surface area contributed by atoms with Crippen LogP contribution in [0.2, 0.25) is 0 Å². The Kier molecular flexibility index (Phi) is 4.59. The predicted octanol–water partition coefficient (Wildman–Crippen LogP) is 4.80. The third-order valence-electron chi connectivity index (χ3n) is 4.56. The Morgan fingerprint density at radius 3 is 1.85 bits per heavy atom. The van der Waals surface area contributed by atoms with E-state index in [1.54, 1.807) is 0 Å². The number of ether oxygens (including phenoxy) is 2. The van der Waals surface area contributed by atoms with Gasteiger partial charge in [-0.2, -0.15) is 0 Å². The molecule has 2 heterocycles. The molecule has 0 spiro atoms. The molecule has 0 saturated carbocycles. The Morgan fingerprint density at radius 1 is 0.778 bits per heavy atom. The highest BCUT2D eigenvalue weighted by molar-refractivity contribution is 5.67. The molecule has 0 N–H and O–H groups in total. The SMILES string of the molecule is CCOc1ccc(-c2cn3cc(-c4ccc(OCC)cc4)n(C)c3n2)cc1. The summed E-state index contributed by atoms with van der Waals surface area (Å²) in [6, 6.07) is 16.2. The first-order valence-electron chi connectivity index (χ1n) is 9.20. The lowest BCUT2D eigenvalue weighted by molar-refractivity contribution is 0.340. The number of rotatable bonds is 6. The fraction of sp³-hybridized carbons (Fsp3) is 0.227. The lowest BCUT2D eigenvalue weighted by atomic mass is 10.1. The minimum atomic E-state index is 0.669. The molecule has 4 rings (SSSR count). The molecule has 0 fully saturated rings. The van der Waals surface area contributed by atoms with Gasteiger partial charge in [-0.05, 0) is 67.9 Å². The van der Waals surface area contributed by atoms with Crippen molar-refractivity contribution >= 4 is 5.78 Å². The molecule has 0 amide bonds. The Labute approximate surface area is 158 Å². The van der Waals surface area contributed by atoms with E-state index in [-0.39, 0.29) is 0 Å². The summed E-state index contributed by atoms with van der Waals surface area (Å²) >= 11 is 0. The van der Waals surface area contributed by atoms with Crippen molar-refractivity contribution in [2.24, 2.45) is 7.05 Å². The fourth-order valence-electron chi connectivity index (χ4n) is 3.24. The predicted molar refractivity (Wildman–Crippen MR) is 107 cm³/mol. The van der Waals surface area contributed by atoms with Gasteiger partial charge in [-0.1, -0.05) is 0 Å². The summed E-state index contributed by atoms with van der Waals surface area (Å²) in [6.45, 7) is 5.31. The van der Waals surface area contributed by atoms with Crippen molar-refractivity contribution in [3.63, 3.8) is 0 Å². The summed E-state index contributed by atoms with van der Waals surface area (Å²) < 4.78 is 15.2. The summed E-state index contributed by atoms with van der Waals surface area (Å²) in [4.78, 5) is 4.81. The number of aromatic nitrogens is 3. The van der Waals surface area contributed by atoms with Gasteiger partial charge >= 0.3 is 0 Å². The van der Waals surface area contributed by atoms with Crippen molar-refractivity contribution in [3.8, 4) is 34.0 Å².